The second-order valence-electron chi connectivity index (χ2n) is 15.0. The number of hydrogen-bond acceptors (Lipinski definition) is 9. The zero-order chi connectivity index (χ0) is 48.9. The Morgan fingerprint density at radius 2 is 1.50 bits per heavy atom. The molecule has 312 valence electrons. The van der Waals surface area contributed by atoms with E-state index >= 15 is 4.39 Å². The second-order valence-corrected chi connectivity index (χ2v) is 15.4. The summed E-state index contributed by atoms with van der Waals surface area (Å²) in [4.78, 5) is 54.3. The van der Waals surface area contributed by atoms with Crippen molar-refractivity contribution >= 4 is 52.1 Å². The van der Waals surface area contributed by atoms with Gasteiger partial charge in [0.25, 0.3) is 11.8 Å². The molecule has 3 saturated heterocycles. The summed E-state index contributed by atoms with van der Waals surface area (Å²) >= 11 is 6.31. The van der Waals surface area contributed by atoms with Gasteiger partial charge in [0, 0.05) is 56.9 Å². The molecule has 4 aromatic carbocycles. The van der Waals surface area contributed by atoms with Gasteiger partial charge in [-0.2, -0.15) is 0 Å². The number of piperazine rings is 1. The van der Waals surface area contributed by atoms with Gasteiger partial charge in [-0.25, -0.2) is 4.39 Å². The molecule has 4 aliphatic heterocycles. The Hall–Kier alpha value is -5.56. The first-order valence-corrected chi connectivity index (χ1v) is 20.5. The molecule has 4 amide bonds. The predicted octanol–water partition coefficient (Wildman–Crippen LogP) is 6.43. The van der Waals surface area contributed by atoms with Gasteiger partial charge in [-0.3, -0.25) is 39.2 Å². The molecule has 60 heavy (non-hydrogen) atoms. The average Bonchev–Trinajstić information content (AvgIpc) is 3.55. The molecule has 1 atom stereocenters. The number of rotatable bonds is 13. The molecule has 4 aliphatic rings. The molecular weight excluding hydrogens is 785 g/mol. The van der Waals surface area contributed by atoms with E-state index in [1.807, 2.05) is 72.0 Å². The monoisotopic (exact) mass is 841 g/mol. The Kier molecular flexibility index (Phi) is 9.87. The van der Waals surface area contributed by atoms with Crippen LogP contribution in [0.15, 0.2) is 91.0 Å². The van der Waals surface area contributed by atoms with E-state index in [0.717, 1.165) is 40.0 Å². The zero-order valence-electron chi connectivity index (χ0n) is 40.6. The third-order valence-corrected chi connectivity index (χ3v) is 11.4. The smallest absolute Gasteiger partial charge is 0.265 e. The SMILES string of the molecule is [2H]C1([2H])N(CC2CCN(CCOc3ccc(C(=C(CCCl)c4ccccc4)c4ccc(O)cc4)cc3)CC2)C([2H])([2H])C([2H])([2H])N(c2ccc3c(c2F)C(=O)N(C2CCC(=O)NC2=O)C3=O)C1([2H])[2H]. The number of amides is 4. The molecule has 2 N–H and O–H groups in total. The molecule has 0 aromatic heterocycles. The van der Waals surface area contributed by atoms with Crippen LogP contribution in [0.2, 0.25) is 0 Å². The van der Waals surface area contributed by atoms with Crippen molar-refractivity contribution in [1.29, 1.82) is 0 Å². The van der Waals surface area contributed by atoms with Gasteiger partial charge in [-0.15, -0.1) is 11.6 Å². The summed E-state index contributed by atoms with van der Waals surface area (Å²) in [5.74, 6) is -4.69. The number of phenolic OH excluding ortho intramolecular Hbond substituents is 1. The van der Waals surface area contributed by atoms with E-state index in [4.69, 9.17) is 27.3 Å². The number of nitrogens with zero attached hydrogens (tertiary/aromatic N) is 4. The third-order valence-electron chi connectivity index (χ3n) is 11.3. The molecular formula is C47H49ClFN5O6. The largest absolute Gasteiger partial charge is 0.508 e. The number of aromatic hydroxyl groups is 1. The van der Waals surface area contributed by atoms with Crippen molar-refractivity contribution in [3.8, 4) is 11.5 Å². The minimum atomic E-state index is -3.46. The van der Waals surface area contributed by atoms with Gasteiger partial charge >= 0.3 is 0 Å². The lowest BCUT2D eigenvalue weighted by molar-refractivity contribution is -0.136. The van der Waals surface area contributed by atoms with Crippen LogP contribution in [0.25, 0.3) is 11.1 Å². The number of piperidine rings is 2. The Morgan fingerprint density at radius 3 is 2.17 bits per heavy atom. The molecule has 0 aliphatic carbocycles. The van der Waals surface area contributed by atoms with Crippen molar-refractivity contribution in [1.82, 2.24) is 20.0 Å². The molecule has 4 heterocycles. The molecule has 0 radical (unpaired) electrons. The predicted molar refractivity (Wildman–Crippen MR) is 229 cm³/mol. The Labute approximate surface area is 365 Å². The van der Waals surface area contributed by atoms with E-state index in [1.165, 1.54) is 0 Å². The number of anilines is 1. The first-order valence-electron chi connectivity index (χ1n) is 23.9. The van der Waals surface area contributed by atoms with Crippen LogP contribution in [0.4, 0.5) is 10.1 Å². The fraction of sp³-hybridized carbons (Fsp3) is 0.362. The van der Waals surface area contributed by atoms with Gasteiger partial charge in [0.1, 0.15) is 24.1 Å². The van der Waals surface area contributed by atoms with E-state index in [1.54, 1.807) is 12.1 Å². The van der Waals surface area contributed by atoms with Gasteiger partial charge < -0.3 is 14.7 Å². The summed E-state index contributed by atoms with van der Waals surface area (Å²) in [6.07, 6.45) is 1.09. The van der Waals surface area contributed by atoms with Crippen molar-refractivity contribution in [2.45, 2.75) is 38.1 Å². The first kappa shape index (κ1) is 32.2. The van der Waals surface area contributed by atoms with Crippen molar-refractivity contribution in [3.05, 3.63) is 125 Å². The van der Waals surface area contributed by atoms with Crippen molar-refractivity contribution in [2.24, 2.45) is 5.92 Å². The highest BCUT2D eigenvalue weighted by molar-refractivity contribution is 6.24. The lowest BCUT2D eigenvalue weighted by atomic mass is 9.88. The lowest BCUT2D eigenvalue weighted by Gasteiger charge is -2.39. The van der Waals surface area contributed by atoms with Crippen LogP contribution in [-0.2, 0) is 9.59 Å². The fourth-order valence-electron chi connectivity index (χ4n) is 8.12. The van der Waals surface area contributed by atoms with E-state index in [0.29, 0.717) is 66.9 Å². The number of phenols is 1. The minimum absolute atomic E-state index is 0.0175. The van der Waals surface area contributed by atoms with E-state index in [2.05, 4.69) is 4.90 Å². The third kappa shape index (κ3) is 8.82. The summed E-state index contributed by atoms with van der Waals surface area (Å²) in [6, 6.07) is 25.0. The molecule has 8 rings (SSSR count). The lowest BCUT2D eigenvalue weighted by Crippen LogP contribution is -2.54. The highest BCUT2D eigenvalue weighted by Crippen LogP contribution is 2.37. The van der Waals surface area contributed by atoms with Crippen LogP contribution in [-0.4, -0.2) is 114 Å². The maximum absolute atomic E-state index is 16.6. The quantitative estimate of drug-likeness (QED) is 0.0891. The topological polar surface area (TPSA) is 123 Å². The van der Waals surface area contributed by atoms with E-state index in [9.17, 15) is 24.3 Å². The van der Waals surface area contributed by atoms with Crippen molar-refractivity contribution in [2.75, 3.05) is 69.6 Å². The number of alkyl halides is 1. The Morgan fingerprint density at radius 1 is 0.817 bits per heavy atom. The molecule has 0 spiro atoms. The summed E-state index contributed by atoms with van der Waals surface area (Å²) in [6.45, 7) is -11.9. The summed E-state index contributed by atoms with van der Waals surface area (Å²) in [5.41, 5.74) is 2.51. The Bertz CT molecular complexity index is 2610. The van der Waals surface area contributed by atoms with Crippen molar-refractivity contribution in [3.63, 3.8) is 0 Å². The van der Waals surface area contributed by atoms with Gasteiger partial charge in [0.15, 0.2) is 5.82 Å². The van der Waals surface area contributed by atoms with Gasteiger partial charge in [0.2, 0.25) is 11.8 Å². The van der Waals surface area contributed by atoms with Crippen LogP contribution < -0.4 is 15.0 Å². The molecule has 0 bridgehead atoms. The number of imide groups is 2. The highest BCUT2D eigenvalue weighted by Gasteiger charge is 2.46. The van der Waals surface area contributed by atoms with Crippen LogP contribution in [0.3, 0.4) is 0 Å². The maximum Gasteiger partial charge on any atom is 0.265 e. The number of nitrogens with one attached hydrogen (secondary N) is 1. The van der Waals surface area contributed by atoms with Crippen molar-refractivity contribution < 1.29 is 44.4 Å². The molecule has 11 nitrogen and oxygen atoms in total. The van der Waals surface area contributed by atoms with Crippen LogP contribution >= 0.6 is 11.6 Å². The van der Waals surface area contributed by atoms with Crippen LogP contribution in [0.1, 0.15) is 80.5 Å². The number of halogens is 2. The average molecular weight is 842 g/mol. The fourth-order valence-corrected chi connectivity index (χ4v) is 8.31. The summed E-state index contributed by atoms with van der Waals surface area (Å²) in [5, 5.41) is 12.0. The van der Waals surface area contributed by atoms with Gasteiger partial charge in [-0.1, -0.05) is 54.6 Å². The standard InChI is InChI=1S/C47H49ClFN5O6/c48-21-18-37(32-4-2-1-3-5-32)42(33-6-10-35(55)11-7-33)34-8-12-36(13-9-34)60-29-28-51-22-19-31(20-23-51)30-52-24-26-53(27-25-52)39-15-14-38-43(44(39)49)47(59)54(46(38)58)40-16-17-41(56)50-45(40)57/h1-15,31,40,55H,16-30H2,(H,50,56,57)/i24D2,25D2,26D2,27D2. The summed E-state index contributed by atoms with van der Waals surface area (Å²) in [7, 11) is 0. The number of likely N-dealkylation sites (tertiary alicyclic amines) is 1. The second kappa shape index (κ2) is 18.4. The molecule has 4 aromatic rings. The number of hydrogen-bond donors (Lipinski definition) is 2. The van der Waals surface area contributed by atoms with Gasteiger partial charge in [-0.05, 0) is 109 Å². The van der Waals surface area contributed by atoms with Gasteiger partial charge in [0.05, 0.1) is 22.3 Å². The number of allylic oxidation sites excluding steroid dienone is 1. The van der Waals surface area contributed by atoms with E-state index in [-0.39, 0.29) is 36.0 Å². The number of fused-ring (bicyclic) bond motifs is 1. The maximum atomic E-state index is 16.6. The number of ether oxygens (including phenoxy) is 1. The summed E-state index contributed by atoms with van der Waals surface area (Å²) < 4.78 is 94.6. The van der Waals surface area contributed by atoms with Crippen LogP contribution in [0, 0.1) is 11.7 Å². The number of benzene rings is 4. The first-order chi connectivity index (χ1) is 32.2. The van der Waals surface area contributed by atoms with Crippen LogP contribution in [0.5, 0.6) is 11.5 Å². The zero-order valence-corrected chi connectivity index (χ0v) is 33.4. The number of carbonyl (C=O) groups is 4. The molecule has 1 unspecified atom stereocenters. The minimum Gasteiger partial charge on any atom is -0.508 e. The van der Waals surface area contributed by atoms with E-state index < -0.39 is 78.3 Å². The molecule has 3 fully saturated rings. The Balaban J connectivity index is 0.918. The highest BCUT2D eigenvalue weighted by atomic mass is 35.5. The molecule has 0 saturated carbocycles. The molecule has 13 heteroatoms. The number of carbonyl (C=O) groups excluding carboxylic acids is 4. The normalized spacial score (nSPS) is 25.0.